The maximum absolute atomic E-state index is 13.2. The summed E-state index contributed by atoms with van der Waals surface area (Å²) in [5, 5.41) is 15.1. The van der Waals surface area contributed by atoms with Crippen LogP contribution in [0.2, 0.25) is 0 Å². The molecule has 0 aliphatic heterocycles. The van der Waals surface area contributed by atoms with Crippen molar-refractivity contribution in [1.82, 2.24) is 10.6 Å². The predicted octanol–water partition coefficient (Wildman–Crippen LogP) is 3.18. The number of ether oxygens (including phenoxy) is 1. The van der Waals surface area contributed by atoms with E-state index in [4.69, 9.17) is 4.74 Å². The molecule has 0 bridgehead atoms. The fourth-order valence-electron chi connectivity index (χ4n) is 4.13. The molecule has 0 spiro atoms. The molecule has 200 valence electrons. The van der Waals surface area contributed by atoms with Gasteiger partial charge < -0.3 is 20.5 Å². The molecule has 0 saturated carbocycles. The van der Waals surface area contributed by atoms with E-state index in [2.05, 4.69) is 10.6 Å². The van der Waals surface area contributed by atoms with Gasteiger partial charge in [-0.05, 0) is 37.9 Å². The Hall–Kier alpha value is -3.52. The summed E-state index contributed by atoms with van der Waals surface area (Å²) in [6.45, 7) is 5.02. The molecule has 0 saturated heterocycles. The molecule has 2 aromatic rings. The van der Waals surface area contributed by atoms with Crippen LogP contribution in [0.25, 0.3) is 0 Å². The van der Waals surface area contributed by atoms with Crippen LogP contribution in [0.4, 0.5) is 0 Å². The van der Waals surface area contributed by atoms with Gasteiger partial charge in [0, 0.05) is 6.42 Å². The summed E-state index contributed by atoms with van der Waals surface area (Å²) < 4.78 is 5.78. The zero-order valence-corrected chi connectivity index (χ0v) is 22.0. The highest BCUT2D eigenvalue weighted by atomic mass is 16.5. The van der Waals surface area contributed by atoms with Crippen LogP contribution in [0.1, 0.15) is 44.7 Å². The SMILES string of the molecule is CCC[C@H](OC(=O)[C@H](Cc1ccccc1)NC)[C@H](C)C(=O)[C@@H](C)C(=O)N[C@@H](Cc1ccccc1)C(=O)O. The lowest BCUT2D eigenvalue weighted by molar-refractivity contribution is -0.157. The van der Waals surface area contributed by atoms with Gasteiger partial charge in [-0.3, -0.25) is 14.4 Å². The van der Waals surface area contributed by atoms with E-state index in [1.54, 1.807) is 38.2 Å². The normalized spacial score (nSPS) is 15.0. The lowest BCUT2D eigenvalue weighted by Gasteiger charge is -2.27. The molecular weight excluding hydrogens is 472 g/mol. The third-order valence-corrected chi connectivity index (χ3v) is 6.48. The molecule has 1 amide bonds. The van der Waals surface area contributed by atoms with E-state index < -0.39 is 53.7 Å². The molecule has 0 radical (unpaired) electrons. The summed E-state index contributed by atoms with van der Waals surface area (Å²) in [7, 11) is 1.68. The molecular formula is C29H38N2O6. The first kappa shape index (κ1) is 29.7. The number of aliphatic carboxylic acids is 1. The van der Waals surface area contributed by atoms with Crippen LogP contribution in [-0.2, 0) is 36.8 Å². The second-order valence-electron chi connectivity index (χ2n) is 9.30. The molecule has 37 heavy (non-hydrogen) atoms. The van der Waals surface area contributed by atoms with Gasteiger partial charge in [-0.2, -0.15) is 0 Å². The smallest absolute Gasteiger partial charge is 0.326 e. The highest BCUT2D eigenvalue weighted by Crippen LogP contribution is 2.20. The highest BCUT2D eigenvalue weighted by Gasteiger charge is 2.35. The number of hydrogen-bond donors (Lipinski definition) is 3. The number of hydrogen-bond acceptors (Lipinski definition) is 6. The van der Waals surface area contributed by atoms with Gasteiger partial charge in [0.05, 0.1) is 11.8 Å². The Morgan fingerprint density at radius 1 is 0.865 bits per heavy atom. The molecule has 0 aliphatic carbocycles. The maximum Gasteiger partial charge on any atom is 0.326 e. The standard InChI is InChI=1S/C29H38N2O6/c1-5-12-25(37-29(36)24(30-4)18-22-15-10-7-11-16-22)19(2)26(32)20(3)27(33)31-23(28(34)35)17-21-13-8-6-9-14-21/h6-11,13-16,19-20,23-25,30H,5,12,17-18H2,1-4H3,(H,31,33)(H,34,35)/t19-,20+,23-,24-,25-/m0/s1. The number of carboxylic acid groups (broad SMARTS) is 1. The molecule has 8 nitrogen and oxygen atoms in total. The zero-order valence-electron chi connectivity index (χ0n) is 22.0. The fourth-order valence-corrected chi connectivity index (χ4v) is 4.13. The van der Waals surface area contributed by atoms with Crippen LogP contribution in [0.5, 0.6) is 0 Å². The van der Waals surface area contributed by atoms with Gasteiger partial charge in [0.2, 0.25) is 5.91 Å². The third kappa shape index (κ3) is 9.13. The Morgan fingerprint density at radius 2 is 1.38 bits per heavy atom. The summed E-state index contributed by atoms with van der Waals surface area (Å²) >= 11 is 0. The van der Waals surface area contributed by atoms with Crippen molar-refractivity contribution in [3.63, 3.8) is 0 Å². The number of carbonyl (C=O) groups excluding carboxylic acids is 3. The maximum atomic E-state index is 13.2. The van der Waals surface area contributed by atoms with E-state index in [1.807, 2.05) is 43.3 Å². The van der Waals surface area contributed by atoms with Crippen LogP contribution in [-0.4, -0.2) is 54.0 Å². The van der Waals surface area contributed by atoms with Crippen LogP contribution < -0.4 is 10.6 Å². The minimum absolute atomic E-state index is 0.0985. The molecule has 0 fully saturated rings. The zero-order chi connectivity index (χ0) is 27.4. The van der Waals surface area contributed by atoms with Crippen molar-refractivity contribution in [2.75, 3.05) is 7.05 Å². The molecule has 0 aromatic heterocycles. The monoisotopic (exact) mass is 510 g/mol. The molecule has 0 unspecified atom stereocenters. The van der Waals surface area contributed by atoms with E-state index in [0.717, 1.165) is 11.1 Å². The van der Waals surface area contributed by atoms with Gasteiger partial charge in [-0.15, -0.1) is 0 Å². The number of carboxylic acids is 1. The first-order chi connectivity index (χ1) is 17.7. The Morgan fingerprint density at radius 3 is 1.84 bits per heavy atom. The molecule has 0 aliphatic rings. The summed E-state index contributed by atoms with van der Waals surface area (Å²) in [6, 6.07) is 16.7. The average molecular weight is 511 g/mol. The summed E-state index contributed by atoms with van der Waals surface area (Å²) in [5.74, 6) is -4.56. The number of carbonyl (C=O) groups is 4. The molecule has 0 heterocycles. The van der Waals surface area contributed by atoms with E-state index in [-0.39, 0.29) is 6.42 Å². The van der Waals surface area contributed by atoms with Crippen molar-refractivity contribution < 1.29 is 29.0 Å². The van der Waals surface area contributed by atoms with Crippen LogP contribution in [0, 0.1) is 11.8 Å². The van der Waals surface area contributed by atoms with E-state index >= 15 is 0 Å². The van der Waals surface area contributed by atoms with Crippen molar-refractivity contribution in [1.29, 1.82) is 0 Å². The van der Waals surface area contributed by atoms with E-state index in [9.17, 15) is 24.3 Å². The fraction of sp³-hybridized carbons (Fsp3) is 0.448. The van der Waals surface area contributed by atoms with Gasteiger partial charge in [-0.1, -0.05) is 80.9 Å². The second kappa shape index (κ2) is 14.9. The minimum atomic E-state index is -1.18. The van der Waals surface area contributed by atoms with Crippen molar-refractivity contribution in [2.24, 2.45) is 11.8 Å². The first-order valence-corrected chi connectivity index (χ1v) is 12.7. The van der Waals surface area contributed by atoms with Crippen molar-refractivity contribution in [3.8, 4) is 0 Å². The molecule has 3 N–H and O–H groups in total. The Kier molecular flexibility index (Phi) is 12.0. The minimum Gasteiger partial charge on any atom is -0.480 e. The number of Topliss-reactive ketones (excluding diaryl/α,β-unsaturated/α-hetero) is 1. The quantitative estimate of drug-likeness (QED) is 0.248. The first-order valence-electron chi connectivity index (χ1n) is 12.7. The van der Waals surface area contributed by atoms with Crippen molar-refractivity contribution in [3.05, 3.63) is 71.8 Å². The molecule has 2 rings (SSSR count). The van der Waals surface area contributed by atoms with Gasteiger partial charge >= 0.3 is 11.9 Å². The number of esters is 1. The topological polar surface area (TPSA) is 122 Å². The molecule has 8 heteroatoms. The number of amides is 1. The lowest BCUT2D eigenvalue weighted by atomic mass is 9.88. The largest absolute Gasteiger partial charge is 0.480 e. The van der Waals surface area contributed by atoms with Crippen LogP contribution in [0.15, 0.2) is 60.7 Å². The van der Waals surface area contributed by atoms with Crippen LogP contribution in [0.3, 0.4) is 0 Å². The van der Waals surface area contributed by atoms with Gasteiger partial charge in [-0.25, -0.2) is 4.79 Å². The summed E-state index contributed by atoms with van der Waals surface area (Å²) in [5.41, 5.74) is 1.73. The number of ketones is 1. The molecule has 5 atom stereocenters. The molecule has 2 aromatic carbocycles. The number of nitrogens with one attached hydrogen (secondary N) is 2. The summed E-state index contributed by atoms with van der Waals surface area (Å²) in [4.78, 5) is 50.7. The highest BCUT2D eigenvalue weighted by molar-refractivity contribution is 6.03. The van der Waals surface area contributed by atoms with Gasteiger partial charge in [0.25, 0.3) is 0 Å². The Labute approximate surface area is 218 Å². The van der Waals surface area contributed by atoms with Crippen molar-refractivity contribution in [2.45, 2.75) is 64.6 Å². The average Bonchev–Trinajstić information content (AvgIpc) is 2.90. The van der Waals surface area contributed by atoms with E-state index in [1.165, 1.54) is 6.92 Å². The third-order valence-electron chi connectivity index (χ3n) is 6.48. The Balaban J connectivity index is 2.04. The van der Waals surface area contributed by atoms with Crippen LogP contribution >= 0.6 is 0 Å². The lowest BCUT2D eigenvalue weighted by Crippen LogP contribution is -2.48. The van der Waals surface area contributed by atoms with E-state index in [0.29, 0.717) is 19.3 Å². The van der Waals surface area contributed by atoms with Gasteiger partial charge in [0.15, 0.2) is 5.78 Å². The second-order valence-corrected chi connectivity index (χ2v) is 9.30. The number of rotatable bonds is 15. The number of benzene rings is 2. The van der Waals surface area contributed by atoms with Gasteiger partial charge in [0.1, 0.15) is 18.2 Å². The predicted molar refractivity (Wildman–Crippen MR) is 141 cm³/mol. The summed E-state index contributed by atoms with van der Waals surface area (Å²) in [6.07, 6.45) is 0.971. The Bertz CT molecular complexity index is 1030. The van der Waals surface area contributed by atoms with Crippen molar-refractivity contribution >= 4 is 23.6 Å². The number of likely N-dealkylation sites (N-methyl/N-ethyl adjacent to an activating group) is 1.